The average molecular weight is 324 g/mol. The van der Waals surface area contributed by atoms with Crippen LogP contribution in [0.25, 0.3) is 0 Å². The van der Waals surface area contributed by atoms with E-state index in [1.807, 2.05) is 36.4 Å². The minimum Gasteiger partial charge on any atom is -0.490 e. The largest absolute Gasteiger partial charge is 0.490 e. The molecule has 0 amide bonds. The van der Waals surface area contributed by atoms with E-state index in [-0.39, 0.29) is 0 Å². The zero-order valence-corrected chi connectivity index (χ0v) is 15.2. The van der Waals surface area contributed by atoms with Crippen molar-refractivity contribution in [3.63, 3.8) is 0 Å². The van der Waals surface area contributed by atoms with Gasteiger partial charge < -0.3 is 9.47 Å². The fraction of sp³-hybridized carbons (Fsp3) is 0.364. The maximum atomic E-state index is 5.76. The molecule has 0 aliphatic heterocycles. The molecule has 2 aromatic rings. The van der Waals surface area contributed by atoms with Gasteiger partial charge in [0.05, 0.1) is 0 Å². The van der Waals surface area contributed by atoms with Crippen molar-refractivity contribution in [3.8, 4) is 11.5 Å². The Bertz CT molecular complexity index is 599. The van der Waals surface area contributed by atoms with E-state index in [2.05, 4.69) is 52.0 Å². The minimum atomic E-state index is 0.513. The van der Waals surface area contributed by atoms with Crippen molar-refractivity contribution in [1.29, 1.82) is 0 Å². The normalized spacial score (nSPS) is 11.4. The highest BCUT2D eigenvalue weighted by atomic mass is 16.5. The van der Waals surface area contributed by atoms with E-state index in [1.165, 1.54) is 11.1 Å². The third-order valence-corrected chi connectivity index (χ3v) is 3.91. The predicted molar refractivity (Wildman–Crippen MR) is 101 cm³/mol. The molecule has 2 nitrogen and oxygen atoms in total. The lowest BCUT2D eigenvalue weighted by Gasteiger charge is -2.09. The number of hydrogen-bond donors (Lipinski definition) is 0. The first-order valence-electron chi connectivity index (χ1n) is 8.66. The molecule has 0 heterocycles. The van der Waals surface area contributed by atoms with Crippen LogP contribution >= 0.6 is 0 Å². The first kappa shape index (κ1) is 18.1. The van der Waals surface area contributed by atoms with Gasteiger partial charge in [-0.25, -0.2) is 0 Å². The van der Waals surface area contributed by atoms with Gasteiger partial charge in [0.25, 0.3) is 0 Å². The first-order chi connectivity index (χ1) is 11.6. The van der Waals surface area contributed by atoms with Gasteiger partial charge in [-0.15, -0.1) is 0 Å². The summed E-state index contributed by atoms with van der Waals surface area (Å²) in [4.78, 5) is 0. The van der Waals surface area contributed by atoms with Crippen LogP contribution in [0, 0.1) is 0 Å². The van der Waals surface area contributed by atoms with Gasteiger partial charge in [-0.2, -0.15) is 0 Å². The van der Waals surface area contributed by atoms with E-state index in [0.29, 0.717) is 25.0 Å². The molecule has 0 radical (unpaired) electrons. The van der Waals surface area contributed by atoms with Gasteiger partial charge in [-0.05, 0) is 59.4 Å². The molecular weight excluding hydrogens is 296 g/mol. The van der Waals surface area contributed by atoms with Crippen molar-refractivity contribution in [1.82, 2.24) is 0 Å². The molecule has 0 saturated carbocycles. The van der Waals surface area contributed by atoms with Crippen LogP contribution in [0.1, 0.15) is 50.7 Å². The summed E-state index contributed by atoms with van der Waals surface area (Å²) in [6.07, 6.45) is 3.99. The summed E-state index contributed by atoms with van der Waals surface area (Å²) in [5.74, 6) is 2.85. The molecule has 0 bridgehead atoms. The summed E-state index contributed by atoms with van der Waals surface area (Å²) in [6.45, 7) is 9.85. The van der Waals surface area contributed by atoms with Crippen molar-refractivity contribution < 1.29 is 9.47 Å². The molecule has 0 saturated heterocycles. The highest BCUT2D eigenvalue weighted by molar-refractivity contribution is 5.31. The van der Waals surface area contributed by atoms with Gasteiger partial charge in [0.2, 0.25) is 0 Å². The topological polar surface area (TPSA) is 18.5 Å². The lowest BCUT2D eigenvalue weighted by molar-refractivity contribution is 0.349. The Hall–Kier alpha value is -2.22. The number of ether oxygens (including phenoxy) is 2. The third kappa shape index (κ3) is 5.77. The van der Waals surface area contributed by atoms with Gasteiger partial charge in [-0.1, -0.05) is 52.0 Å². The van der Waals surface area contributed by atoms with Crippen LogP contribution in [0.4, 0.5) is 0 Å². The molecule has 2 heteroatoms. The zero-order valence-electron chi connectivity index (χ0n) is 15.2. The third-order valence-electron chi connectivity index (χ3n) is 3.91. The SMILES string of the molecule is CC(C)c1cccc(OC/C=C/COc2cccc(C(C)C)c2)c1. The molecule has 0 N–H and O–H groups in total. The second kappa shape index (κ2) is 9.17. The predicted octanol–water partition coefficient (Wildman–Crippen LogP) is 5.95. The maximum absolute atomic E-state index is 5.76. The van der Waals surface area contributed by atoms with E-state index in [1.54, 1.807) is 0 Å². The second-order valence-corrected chi connectivity index (χ2v) is 6.55. The Morgan fingerprint density at radius 2 is 1.12 bits per heavy atom. The van der Waals surface area contributed by atoms with Crippen molar-refractivity contribution in [2.24, 2.45) is 0 Å². The fourth-order valence-electron chi connectivity index (χ4n) is 2.35. The van der Waals surface area contributed by atoms with E-state index in [0.717, 1.165) is 11.5 Å². The number of benzene rings is 2. The minimum absolute atomic E-state index is 0.513. The highest BCUT2D eigenvalue weighted by Gasteiger charge is 2.01. The molecule has 0 fully saturated rings. The van der Waals surface area contributed by atoms with Crippen LogP contribution in [-0.4, -0.2) is 13.2 Å². The Morgan fingerprint density at radius 1 is 0.708 bits per heavy atom. The Morgan fingerprint density at radius 3 is 1.50 bits per heavy atom. The molecule has 0 atom stereocenters. The molecule has 0 unspecified atom stereocenters. The van der Waals surface area contributed by atoms with Gasteiger partial charge in [0, 0.05) is 0 Å². The molecule has 0 aliphatic rings. The van der Waals surface area contributed by atoms with E-state index < -0.39 is 0 Å². The van der Waals surface area contributed by atoms with Crippen LogP contribution in [0.3, 0.4) is 0 Å². The lowest BCUT2D eigenvalue weighted by Crippen LogP contribution is -1.98. The Balaban J connectivity index is 1.75. The number of rotatable bonds is 8. The maximum Gasteiger partial charge on any atom is 0.120 e. The smallest absolute Gasteiger partial charge is 0.120 e. The molecule has 24 heavy (non-hydrogen) atoms. The molecule has 2 aromatic carbocycles. The van der Waals surface area contributed by atoms with Crippen molar-refractivity contribution in [3.05, 3.63) is 71.8 Å². The summed E-state index contributed by atoms with van der Waals surface area (Å²) in [5, 5.41) is 0. The summed E-state index contributed by atoms with van der Waals surface area (Å²) in [7, 11) is 0. The molecular formula is C22H28O2. The van der Waals surface area contributed by atoms with Gasteiger partial charge in [-0.3, -0.25) is 0 Å². The summed E-state index contributed by atoms with van der Waals surface area (Å²) in [5.41, 5.74) is 2.59. The van der Waals surface area contributed by atoms with Crippen molar-refractivity contribution >= 4 is 0 Å². The molecule has 0 spiro atoms. The molecule has 0 aliphatic carbocycles. The average Bonchev–Trinajstić information content (AvgIpc) is 2.58. The highest BCUT2D eigenvalue weighted by Crippen LogP contribution is 2.21. The zero-order chi connectivity index (χ0) is 17.4. The quantitative estimate of drug-likeness (QED) is 0.559. The van der Waals surface area contributed by atoms with Gasteiger partial charge in [0.1, 0.15) is 24.7 Å². The van der Waals surface area contributed by atoms with Gasteiger partial charge in [0.15, 0.2) is 0 Å². The van der Waals surface area contributed by atoms with Crippen LogP contribution in [0.5, 0.6) is 11.5 Å². The van der Waals surface area contributed by atoms with Crippen molar-refractivity contribution in [2.75, 3.05) is 13.2 Å². The molecule has 128 valence electrons. The van der Waals surface area contributed by atoms with Crippen LogP contribution in [0.2, 0.25) is 0 Å². The monoisotopic (exact) mass is 324 g/mol. The standard InChI is InChI=1S/C22H28O2/c1-17(2)19-9-7-11-21(15-19)23-13-5-6-14-24-22-12-8-10-20(16-22)18(3)4/h5-12,15-18H,13-14H2,1-4H3/b6-5+. The van der Waals surface area contributed by atoms with E-state index in [9.17, 15) is 0 Å². The van der Waals surface area contributed by atoms with Crippen LogP contribution < -0.4 is 9.47 Å². The summed E-state index contributed by atoms with van der Waals surface area (Å²) in [6, 6.07) is 16.5. The second-order valence-electron chi connectivity index (χ2n) is 6.55. The van der Waals surface area contributed by atoms with Crippen LogP contribution in [0.15, 0.2) is 60.7 Å². The molecule has 2 rings (SSSR count). The fourth-order valence-corrected chi connectivity index (χ4v) is 2.35. The van der Waals surface area contributed by atoms with E-state index >= 15 is 0 Å². The van der Waals surface area contributed by atoms with Gasteiger partial charge >= 0.3 is 0 Å². The van der Waals surface area contributed by atoms with E-state index in [4.69, 9.17) is 9.47 Å². The summed E-state index contributed by atoms with van der Waals surface area (Å²) < 4.78 is 11.5. The summed E-state index contributed by atoms with van der Waals surface area (Å²) >= 11 is 0. The first-order valence-corrected chi connectivity index (χ1v) is 8.66. The van der Waals surface area contributed by atoms with Crippen LogP contribution in [-0.2, 0) is 0 Å². The number of hydrogen-bond acceptors (Lipinski definition) is 2. The van der Waals surface area contributed by atoms with Crippen molar-refractivity contribution in [2.45, 2.75) is 39.5 Å². The lowest BCUT2D eigenvalue weighted by atomic mass is 10.0. The Kier molecular flexibility index (Phi) is 6.92. The molecule has 0 aromatic heterocycles. The Labute approximate surface area is 146 Å².